The second-order valence-electron chi connectivity index (χ2n) is 2.85. The third-order valence-corrected chi connectivity index (χ3v) is 1.69. The molecule has 0 saturated heterocycles. The summed E-state index contributed by atoms with van der Waals surface area (Å²) in [7, 11) is 0. The lowest BCUT2D eigenvalue weighted by molar-refractivity contribution is 1.26. The zero-order valence-corrected chi connectivity index (χ0v) is 8.38. The van der Waals surface area contributed by atoms with Gasteiger partial charge in [-0.3, -0.25) is 4.98 Å². The predicted molar refractivity (Wildman–Crippen MR) is 60.0 cm³/mol. The van der Waals surface area contributed by atoms with Crippen LogP contribution < -0.4 is 0 Å². The Kier molecular flexibility index (Phi) is 5.31. The van der Waals surface area contributed by atoms with Gasteiger partial charge >= 0.3 is 0 Å². The molecule has 0 unspecified atom stereocenters. The van der Waals surface area contributed by atoms with E-state index in [-0.39, 0.29) is 0 Å². The molecule has 0 N–H and O–H groups in total. The molecule has 0 radical (unpaired) electrons. The number of pyridine rings is 1. The van der Waals surface area contributed by atoms with Gasteiger partial charge in [0.05, 0.1) is 12.5 Å². The van der Waals surface area contributed by atoms with Crippen LogP contribution in [0.4, 0.5) is 0 Å². The number of rotatable bonds is 1. The van der Waals surface area contributed by atoms with Crippen LogP contribution in [0.5, 0.6) is 0 Å². The maximum Gasteiger partial charge on any atom is 0.0669 e. The van der Waals surface area contributed by atoms with E-state index < -0.39 is 0 Å². The Morgan fingerprint density at radius 1 is 0.933 bits per heavy atom. The first-order chi connectivity index (χ1) is 7.43. The highest BCUT2D eigenvalue weighted by Gasteiger charge is 1.84. The van der Waals surface area contributed by atoms with Gasteiger partial charge in [0.25, 0.3) is 0 Å². The lowest BCUT2D eigenvalue weighted by atomic mass is 10.2. The van der Waals surface area contributed by atoms with Crippen molar-refractivity contribution in [3.8, 4) is 6.07 Å². The van der Waals surface area contributed by atoms with Crippen molar-refractivity contribution < 1.29 is 0 Å². The van der Waals surface area contributed by atoms with Gasteiger partial charge < -0.3 is 0 Å². The molecule has 0 aliphatic carbocycles. The Balaban J connectivity index is 0.000000162. The lowest BCUT2D eigenvalue weighted by Gasteiger charge is -1.88. The number of hydrogen-bond donors (Lipinski definition) is 0. The Bertz CT molecular complexity index is 363. The van der Waals surface area contributed by atoms with E-state index in [4.69, 9.17) is 5.26 Å². The number of benzene rings is 1. The topological polar surface area (TPSA) is 36.7 Å². The van der Waals surface area contributed by atoms with E-state index in [0.29, 0.717) is 6.42 Å². The number of hydrogen-bond acceptors (Lipinski definition) is 2. The van der Waals surface area contributed by atoms with E-state index in [9.17, 15) is 0 Å². The van der Waals surface area contributed by atoms with E-state index in [0.717, 1.165) is 5.56 Å². The highest BCUT2D eigenvalue weighted by molar-refractivity contribution is 5.17. The molecule has 2 aromatic rings. The molecule has 0 amide bonds. The van der Waals surface area contributed by atoms with Crippen LogP contribution >= 0.6 is 0 Å². The highest BCUT2D eigenvalue weighted by Crippen LogP contribution is 1.96. The summed E-state index contributed by atoms with van der Waals surface area (Å²) in [6.45, 7) is 0. The van der Waals surface area contributed by atoms with Crippen molar-refractivity contribution >= 4 is 0 Å². The van der Waals surface area contributed by atoms with Crippen LogP contribution in [0.1, 0.15) is 5.56 Å². The molecule has 15 heavy (non-hydrogen) atoms. The van der Waals surface area contributed by atoms with Crippen LogP contribution in [0.3, 0.4) is 0 Å². The van der Waals surface area contributed by atoms with Gasteiger partial charge in [0.1, 0.15) is 0 Å². The van der Waals surface area contributed by atoms with Gasteiger partial charge in [0.15, 0.2) is 0 Å². The first-order valence-corrected chi connectivity index (χ1v) is 4.69. The third-order valence-electron chi connectivity index (χ3n) is 1.69. The van der Waals surface area contributed by atoms with Crippen molar-refractivity contribution in [1.82, 2.24) is 4.98 Å². The maximum absolute atomic E-state index is 8.27. The molecular formula is C13H12N2. The summed E-state index contributed by atoms with van der Waals surface area (Å²) in [5.74, 6) is 0. The first-order valence-electron chi connectivity index (χ1n) is 4.69. The number of aromatic nitrogens is 1. The van der Waals surface area contributed by atoms with Crippen molar-refractivity contribution in [3.63, 3.8) is 0 Å². The van der Waals surface area contributed by atoms with E-state index in [1.807, 2.05) is 48.5 Å². The molecule has 0 aliphatic heterocycles. The second kappa shape index (κ2) is 7.28. The van der Waals surface area contributed by atoms with E-state index in [1.54, 1.807) is 12.4 Å². The third kappa shape index (κ3) is 5.22. The molecule has 0 aliphatic rings. The average molecular weight is 196 g/mol. The molecule has 1 aromatic carbocycles. The van der Waals surface area contributed by atoms with Crippen LogP contribution in [0.15, 0.2) is 60.9 Å². The van der Waals surface area contributed by atoms with Crippen LogP contribution in [-0.2, 0) is 6.42 Å². The molecule has 0 spiro atoms. The molecule has 2 heteroatoms. The minimum absolute atomic E-state index is 0.515. The minimum Gasteiger partial charge on any atom is -0.265 e. The van der Waals surface area contributed by atoms with Gasteiger partial charge in [-0.15, -0.1) is 0 Å². The smallest absolute Gasteiger partial charge is 0.0669 e. The SMILES string of the molecule is N#CCc1ccccc1.c1ccncc1. The number of nitrogens with zero attached hydrogens (tertiary/aromatic N) is 2. The molecule has 1 heterocycles. The molecule has 1 aromatic heterocycles. The standard InChI is InChI=1S/C8H7N.C5H5N/c9-7-6-8-4-2-1-3-5-8;1-2-4-6-5-3-1/h1-5H,6H2;1-5H. The summed E-state index contributed by atoms with van der Waals surface area (Å²) in [5.41, 5.74) is 1.08. The quantitative estimate of drug-likeness (QED) is 0.703. The Morgan fingerprint density at radius 2 is 1.53 bits per heavy atom. The summed E-state index contributed by atoms with van der Waals surface area (Å²) in [6, 6.07) is 17.5. The van der Waals surface area contributed by atoms with Gasteiger partial charge in [-0.2, -0.15) is 5.26 Å². The van der Waals surface area contributed by atoms with Gasteiger partial charge in [-0.25, -0.2) is 0 Å². The van der Waals surface area contributed by atoms with Crippen LogP contribution in [-0.4, -0.2) is 4.98 Å². The largest absolute Gasteiger partial charge is 0.265 e. The zero-order chi connectivity index (χ0) is 10.8. The Labute approximate surface area is 89.8 Å². The Morgan fingerprint density at radius 3 is 1.93 bits per heavy atom. The molecule has 0 atom stereocenters. The maximum atomic E-state index is 8.27. The molecule has 2 rings (SSSR count). The summed E-state index contributed by atoms with van der Waals surface area (Å²) >= 11 is 0. The molecule has 2 nitrogen and oxygen atoms in total. The monoisotopic (exact) mass is 196 g/mol. The summed E-state index contributed by atoms with van der Waals surface area (Å²) in [5, 5.41) is 8.27. The lowest BCUT2D eigenvalue weighted by Crippen LogP contribution is -1.76. The summed E-state index contributed by atoms with van der Waals surface area (Å²) < 4.78 is 0. The van der Waals surface area contributed by atoms with Crippen molar-refractivity contribution in [2.24, 2.45) is 0 Å². The molecule has 0 bridgehead atoms. The summed E-state index contributed by atoms with van der Waals surface area (Å²) in [6.07, 6.45) is 4.01. The van der Waals surface area contributed by atoms with Gasteiger partial charge in [-0.05, 0) is 17.7 Å². The van der Waals surface area contributed by atoms with Gasteiger partial charge in [0.2, 0.25) is 0 Å². The van der Waals surface area contributed by atoms with E-state index in [2.05, 4.69) is 11.1 Å². The second-order valence-corrected chi connectivity index (χ2v) is 2.85. The fraction of sp³-hybridized carbons (Fsp3) is 0.0769. The molecule has 0 saturated carbocycles. The van der Waals surface area contributed by atoms with Crippen LogP contribution in [0.2, 0.25) is 0 Å². The Hall–Kier alpha value is -2.14. The van der Waals surface area contributed by atoms with Crippen molar-refractivity contribution in [2.75, 3.05) is 0 Å². The highest BCUT2D eigenvalue weighted by atomic mass is 14.6. The van der Waals surface area contributed by atoms with Crippen molar-refractivity contribution in [2.45, 2.75) is 6.42 Å². The molecule has 74 valence electrons. The van der Waals surface area contributed by atoms with Gasteiger partial charge in [-0.1, -0.05) is 36.4 Å². The number of nitriles is 1. The average Bonchev–Trinajstić information content (AvgIpc) is 2.34. The van der Waals surface area contributed by atoms with Crippen molar-refractivity contribution in [3.05, 3.63) is 66.5 Å². The molecule has 0 fully saturated rings. The predicted octanol–water partition coefficient (Wildman–Crippen LogP) is 2.83. The normalized spacial score (nSPS) is 8.20. The zero-order valence-electron chi connectivity index (χ0n) is 8.38. The minimum atomic E-state index is 0.515. The fourth-order valence-electron chi connectivity index (χ4n) is 1.000. The van der Waals surface area contributed by atoms with E-state index in [1.165, 1.54) is 0 Å². The van der Waals surface area contributed by atoms with Crippen molar-refractivity contribution in [1.29, 1.82) is 5.26 Å². The molecular weight excluding hydrogens is 184 g/mol. The van der Waals surface area contributed by atoms with E-state index >= 15 is 0 Å². The van der Waals surface area contributed by atoms with Crippen LogP contribution in [0.25, 0.3) is 0 Å². The first kappa shape index (κ1) is 10.9. The fourth-order valence-corrected chi connectivity index (χ4v) is 1.000. The summed E-state index contributed by atoms with van der Waals surface area (Å²) in [4.78, 5) is 3.78. The van der Waals surface area contributed by atoms with Gasteiger partial charge in [0, 0.05) is 12.4 Å². The van der Waals surface area contributed by atoms with Crippen LogP contribution in [0, 0.1) is 11.3 Å².